The number of nitrogens with zero attached hydrogens (tertiary/aromatic N) is 2. The van der Waals surface area contributed by atoms with Gasteiger partial charge in [0.05, 0.1) is 11.9 Å². The van der Waals surface area contributed by atoms with Crippen LogP contribution in [0.1, 0.15) is 34.1 Å². The fraction of sp³-hybridized carbons (Fsp3) is 0.636. The first kappa shape index (κ1) is 13.2. The molecule has 0 bridgehead atoms. The van der Waals surface area contributed by atoms with Crippen LogP contribution in [0.4, 0.5) is 5.69 Å². The molecule has 16 heavy (non-hydrogen) atoms. The van der Waals surface area contributed by atoms with Crippen LogP contribution in [0.2, 0.25) is 0 Å². The summed E-state index contributed by atoms with van der Waals surface area (Å²) in [4.78, 5) is 11.8. The predicted molar refractivity (Wildman–Crippen MR) is 69.9 cm³/mol. The minimum atomic E-state index is -0.0978. The highest BCUT2D eigenvalue weighted by atomic mass is 79.9. The molecule has 0 saturated heterocycles. The molecular formula is C11H18BrN3O. The van der Waals surface area contributed by atoms with Gasteiger partial charge in [0.15, 0.2) is 0 Å². The molecule has 5 heteroatoms. The lowest BCUT2D eigenvalue weighted by Crippen LogP contribution is -2.32. The maximum atomic E-state index is 11.8. The SMILES string of the molecule is CCn1ncc(NC(C)(C)CC)c(Br)c1=O. The second-order valence-electron chi connectivity index (χ2n) is 4.36. The van der Waals surface area contributed by atoms with Crippen molar-refractivity contribution in [3.63, 3.8) is 0 Å². The average molecular weight is 288 g/mol. The molecule has 0 saturated carbocycles. The van der Waals surface area contributed by atoms with E-state index in [2.05, 4.69) is 47.1 Å². The molecule has 0 atom stereocenters. The van der Waals surface area contributed by atoms with Gasteiger partial charge in [-0.05, 0) is 43.1 Å². The molecule has 0 aromatic carbocycles. The van der Waals surface area contributed by atoms with Gasteiger partial charge in [0.1, 0.15) is 4.47 Å². The molecule has 90 valence electrons. The molecule has 0 aliphatic heterocycles. The summed E-state index contributed by atoms with van der Waals surface area (Å²) in [7, 11) is 0. The van der Waals surface area contributed by atoms with Crippen LogP contribution in [0.3, 0.4) is 0 Å². The molecule has 0 fully saturated rings. The molecule has 0 spiro atoms. The predicted octanol–water partition coefficient (Wildman–Crippen LogP) is 2.63. The van der Waals surface area contributed by atoms with Crippen molar-refractivity contribution in [2.45, 2.75) is 46.2 Å². The van der Waals surface area contributed by atoms with Crippen molar-refractivity contribution >= 4 is 21.6 Å². The number of anilines is 1. The summed E-state index contributed by atoms with van der Waals surface area (Å²) in [6.07, 6.45) is 2.66. The van der Waals surface area contributed by atoms with Crippen molar-refractivity contribution in [1.82, 2.24) is 9.78 Å². The van der Waals surface area contributed by atoms with Crippen LogP contribution in [-0.4, -0.2) is 15.3 Å². The summed E-state index contributed by atoms with van der Waals surface area (Å²) in [5, 5.41) is 7.39. The number of halogens is 1. The van der Waals surface area contributed by atoms with Gasteiger partial charge < -0.3 is 5.32 Å². The Labute approximate surface area is 104 Å². The third-order valence-electron chi connectivity index (χ3n) is 2.64. The van der Waals surface area contributed by atoms with Gasteiger partial charge in [0.25, 0.3) is 5.56 Å². The fourth-order valence-corrected chi connectivity index (χ4v) is 1.64. The lowest BCUT2D eigenvalue weighted by molar-refractivity contribution is 0.543. The summed E-state index contributed by atoms with van der Waals surface area (Å²) < 4.78 is 1.97. The Morgan fingerprint density at radius 1 is 1.50 bits per heavy atom. The second kappa shape index (κ2) is 4.99. The molecule has 0 unspecified atom stereocenters. The van der Waals surface area contributed by atoms with Crippen LogP contribution in [0.15, 0.2) is 15.5 Å². The van der Waals surface area contributed by atoms with E-state index in [1.165, 1.54) is 4.68 Å². The van der Waals surface area contributed by atoms with Gasteiger partial charge in [-0.15, -0.1) is 0 Å². The number of aromatic nitrogens is 2. The van der Waals surface area contributed by atoms with Crippen molar-refractivity contribution in [3.8, 4) is 0 Å². The van der Waals surface area contributed by atoms with Crippen molar-refractivity contribution in [1.29, 1.82) is 0 Å². The van der Waals surface area contributed by atoms with Crippen LogP contribution in [0, 0.1) is 0 Å². The topological polar surface area (TPSA) is 46.9 Å². The van der Waals surface area contributed by atoms with Gasteiger partial charge >= 0.3 is 0 Å². The first-order valence-corrected chi connectivity index (χ1v) is 6.24. The summed E-state index contributed by atoms with van der Waals surface area (Å²) in [6, 6.07) is 0. The zero-order valence-electron chi connectivity index (χ0n) is 10.2. The van der Waals surface area contributed by atoms with Gasteiger partial charge in [-0.25, -0.2) is 4.68 Å². The first-order chi connectivity index (χ1) is 7.41. The molecule has 0 amide bonds. The number of nitrogens with one attached hydrogen (secondary N) is 1. The Kier molecular flexibility index (Phi) is 4.13. The van der Waals surface area contributed by atoms with E-state index in [4.69, 9.17) is 0 Å². The Bertz CT molecular complexity index is 426. The molecule has 1 heterocycles. The highest BCUT2D eigenvalue weighted by Crippen LogP contribution is 2.22. The van der Waals surface area contributed by atoms with Gasteiger partial charge in [-0.2, -0.15) is 5.10 Å². The molecule has 1 N–H and O–H groups in total. The van der Waals surface area contributed by atoms with Crippen molar-refractivity contribution in [2.75, 3.05) is 5.32 Å². The third-order valence-corrected chi connectivity index (χ3v) is 3.41. The van der Waals surface area contributed by atoms with Gasteiger partial charge in [-0.3, -0.25) is 4.79 Å². The smallest absolute Gasteiger partial charge is 0.283 e. The average Bonchev–Trinajstić information content (AvgIpc) is 2.25. The van der Waals surface area contributed by atoms with Crippen LogP contribution in [0.5, 0.6) is 0 Å². The normalized spacial score (nSPS) is 11.6. The van der Waals surface area contributed by atoms with Crippen molar-refractivity contribution < 1.29 is 0 Å². The monoisotopic (exact) mass is 287 g/mol. The van der Waals surface area contributed by atoms with Crippen LogP contribution in [0.25, 0.3) is 0 Å². The Hall–Kier alpha value is -0.840. The highest BCUT2D eigenvalue weighted by molar-refractivity contribution is 9.10. The molecular weight excluding hydrogens is 270 g/mol. The largest absolute Gasteiger partial charge is 0.378 e. The van der Waals surface area contributed by atoms with E-state index in [1.54, 1.807) is 6.20 Å². The lowest BCUT2D eigenvalue weighted by atomic mass is 10.0. The number of rotatable bonds is 4. The zero-order valence-corrected chi connectivity index (χ0v) is 11.8. The maximum absolute atomic E-state index is 11.8. The van der Waals surface area contributed by atoms with E-state index in [0.717, 1.165) is 12.1 Å². The van der Waals surface area contributed by atoms with Gasteiger partial charge in [-0.1, -0.05) is 6.92 Å². The summed E-state index contributed by atoms with van der Waals surface area (Å²) in [6.45, 7) is 8.75. The van der Waals surface area contributed by atoms with E-state index >= 15 is 0 Å². The number of aryl methyl sites for hydroxylation is 1. The Balaban J connectivity index is 3.09. The first-order valence-electron chi connectivity index (χ1n) is 5.45. The summed E-state index contributed by atoms with van der Waals surface area (Å²) in [5.74, 6) is 0. The van der Waals surface area contributed by atoms with E-state index in [0.29, 0.717) is 11.0 Å². The van der Waals surface area contributed by atoms with Crippen molar-refractivity contribution in [2.24, 2.45) is 0 Å². The van der Waals surface area contributed by atoms with Crippen LogP contribution >= 0.6 is 15.9 Å². The molecule has 1 aromatic rings. The van der Waals surface area contributed by atoms with Crippen LogP contribution in [-0.2, 0) is 6.54 Å². The summed E-state index contributed by atoms with van der Waals surface area (Å²) >= 11 is 3.32. The van der Waals surface area contributed by atoms with Gasteiger partial charge in [0.2, 0.25) is 0 Å². The molecule has 0 aliphatic rings. The van der Waals surface area contributed by atoms with E-state index in [1.807, 2.05) is 6.92 Å². The van der Waals surface area contributed by atoms with E-state index < -0.39 is 0 Å². The highest BCUT2D eigenvalue weighted by Gasteiger charge is 2.17. The summed E-state index contributed by atoms with van der Waals surface area (Å²) in [5.41, 5.74) is 0.607. The van der Waals surface area contributed by atoms with E-state index in [9.17, 15) is 4.79 Å². The zero-order chi connectivity index (χ0) is 12.3. The minimum absolute atomic E-state index is 0.0466. The second-order valence-corrected chi connectivity index (χ2v) is 5.15. The molecule has 4 nitrogen and oxygen atoms in total. The quantitative estimate of drug-likeness (QED) is 0.926. The molecule has 1 rings (SSSR count). The third kappa shape index (κ3) is 2.84. The van der Waals surface area contributed by atoms with Crippen LogP contribution < -0.4 is 10.9 Å². The number of hydrogen-bond donors (Lipinski definition) is 1. The van der Waals surface area contributed by atoms with E-state index in [-0.39, 0.29) is 11.1 Å². The lowest BCUT2D eigenvalue weighted by Gasteiger charge is -2.26. The molecule has 0 aliphatic carbocycles. The molecule has 0 radical (unpaired) electrons. The molecule has 1 aromatic heterocycles. The van der Waals surface area contributed by atoms with Gasteiger partial charge in [0, 0.05) is 12.1 Å². The number of hydrogen-bond acceptors (Lipinski definition) is 3. The Morgan fingerprint density at radius 2 is 2.12 bits per heavy atom. The minimum Gasteiger partial charge on any atom is -0.378 e. The fourth-order valence-electron chi connectivity index (χ4n) is 1.23. The Morgan fingerprint density at radius 3 is 2.62 bits per heavy atom. The maximum Gasteiger partial charge on any atom is 0.283 e. The van der Waals surface area contributed by atoms with Crippen molar-refractivity contribution in [3.05, 3.63) is 21.0 Å². The standard InChI is InChI=1S/C11H18BrN3O/c1-5-11(3,4)14-8-7-13-15(6-2)10(16)9(8)12/h7,14H,5-6H2,1-4H3.